The Morgan fingerprint density at radius 1 is 1.04 bits per heavy atom. The third kappa shape index (κ3) is 4.28. The molecule has 4 nitrogen and oxygen atoms in total. The quantitative estimate of drug-likeness (QED) is 0.476. The van der Waals surface area contributed by atoms with Gasteiger partial charge in [-0.1, -0.05) is 0 Å². The van der Waals surface area contributed by atoms with Crippen molar-refractivity contribution in [2.24, 2.45) is 0 Å². The van der Waals surface area contributed by atoms with E-state index in [0.717, 1.165) is 12.1 Å². The van der Waals surface area contributed by atoms with Crippen molar-refractivity contribution in [2.45, 2.75) is 6.18 Å². The molecule has 144 valence electrons. The van der Waals surface area contributed by atoms with Crippen LogP contribution < -0.4 is 5.32 Å². The van der Waals surface area contributed by atoms with Crippen molar-refractivity contribution in [1.29, 1.82) is 0 Å². The molecule has 0 unspecified atom stereocenters. The van der Waals surface area contributed by atoms with Crippen LogP contribution in [0.2, 0.25) is 0 Å². The molecule has 8 heteroatoms. The van der Waals surface area contributed by atoms with Gasteiger partial charge < -0.3 is 10.1 Å². The summed E-state index contributed by atoms with van der Waals surface area (Å²) in [5, 5.41) is 2.97. The molecule has 0 saturated heterocycles. The standard InChI is InChI=1S/C20H14F4N2O2/c1-28-19(27)12-2-7-17(16(10-12)18-11-14(21)8-9-25-18)26-15-5-3-13(4-6-15)20(22,23)24/h2-11,26H,1H3. The maximum Gasteiger partial charge on any atom is 0.416 e. The van der Waals surface area contributed by atoms with E-state index in [1.165, 1.54) is 49.7 Å². The van der Waals surface area contributed by atoms with Crippen LogP contribution in [-0.2, 0) is 10.9 Å². The van der Waals surface area contributed by atoms with Gasteiger partial charge in [-0.25, -0.2) is 9.18 Å². The van der Waals surface area contributed by atoms with E-state index >= 15 is 0 Å². The molecule has 0 fully saturated rings. The van der Waals surface area contributed by atoms with E-state index in [9.17, 15) is 22.4 Å². The van der Waals surface area contributed by atoms with Crippen molar-refractivity contribution >= 4 is 17.3 Å². The summed E-state index contributed by atoms with van der Waals surface area (Å²) in [4.78, 5) is 15.9. The van der Waals surface area contributed by atoms with E-state index in [0.29, 0.717) is 16.9 Å². The monoisotopic (exact) mass is 390 g/mol. The van der Waals surface area contributed by atoms with Gasteiger partial charge >= 0.3 is 12.1 Å². The van der Waals surface area contributed by atoms with Gasteiger partial charge in [0.05, 0.1) is 23.9 Å². The number of methoxy groups -OCH3 is 1. The second-order valence-corrected chi connectivity index (χ2v) is 5.81. The minimum absolute atomic E-state index is 0.224. The summed E-state index contributed by atoms with van der Waals surface area (Å²) in [6.07, 6.45) is -3.16. The lowest BCUT2D eigenvalue weighted by Crippen LogP contribution is -2.05. The highest BCUT2D eigenvalue weighted by molar-refractivity contribution is 5.93. The maximum absolute atomic E-state index is 13.6. The SMILES string of the molecule is COC(=O)c1ccc(Nc2ccc(C(F)(F)F)cc2)c(-c2cc(F)ccn2)c1. The minimum atomic E-state index is -4.43. The van der Waals surface area contributed by atoms with E-state index < -0.39 is 23.5 Å². The Kier molecular flexibility index (Phi) is 5.30. The second kappa shape index (κ2) is 7.67. The van der Waals surface area contributed by atoms with Crippen LogP contribution in [0.5, 0.6) is 0 Å². The number of nitrogens with zero attached hydrogens (tertiary/aromatic N) is 1. The molecule has 1 heterocycles. The number of benzene rings is 2. The van der Waals surface area contributed by atoms with Gasteiger partial charge in [0.25, 0.3) is 0 Å². The molecule has 28 heavy (non-hydrogen) atoms. The zero-order valence-corrected chi connectivity index (χ0v) is 14.5. The number of pyridine rings is 1. The van der Waals surface area contributed by atoms with Gasteiger partial charge in [-0.2, -0.15) is 13.2 Å². The van der Waals surface area contributed by atoms with E-state index in [1.54, 1.807) is 6.07 Å². The Balaban J connectivity index is 2.01. The van der Waals surface area contributed by atoms with Gasteiger partial charge in [-0.15, -0.1) is 0 Å². The first-order valence-corrected chi connectivity index (χ1v) is 8.06. The number of ether oxygens (including phenoxy) is 1. The lowest BCUT2D eigenvalue weighted by molar-refractivity contribution is -0.137. The Bertz CT molecular complexity index is 1000. The molecule has 0 bridgehead atoms. The highest BCUT2D eigenvalue weighted by Gasteiger charge is 2.30. The third-order valence-corrected chi connectivity index (χ3v) is 3.93. The van der Waals surface area contributed by atoms with Crippen LogP contribution >= 0.6 is 0 Å². The fourth-order valence-corrected chi connectivity index (χ4v) is 2.56. The molecule has 0 saturated carbocycles. The third-order valence-electron chi connectivity index (χ3n) is 3.93. The molecule has 0 radical (unpaired) electrons. The summed E-state index contributed by atoms with van der Waals surface area (Å²) in [5.41, 5.74) is 0.914. The van der Waals surface area contributed by atoms with E-state index in [1.807, 2.05) is 0 Å². The summed E-state index contributed by atoms with van der Waals surface area (Å²) in [5.74, 6) is -1.10. The topological polar surface area (TPSA) is 51.2 Å². The number of alkyl halides is 3. The van der Waals surface area contributed by atoms with Crippen molar-refractivity contribution in [3.05, 3.63) is 77.7 Å². The molecule has 3 rings (SSSR count). The van der Waals surface area contributed by atoms with Crippen molar-refractivity contribution in [3.8, 4) is 11.3 Å². The van der Waals surface area contributed by atoms with Gasteiger partial charge in [0.2, 0.25) is 0 Å². The van der Waals surface area contributed by atoms with Gasteiger partial charge in [0, 0.05) is 29.2 Å². The van der Waals surface area contributed by atoms with E-state index in [4.69, 9.17) is 4.74 Å². The summed E-state index contributed by atoms with van der Waals surface area (Å²) in [6.45, 7) is 0. The predicted molar refractivity (Wildman–Crippen MR) is 95.7 cm³/mol. The number of esters is 1. The van der Waals surface area contributed by atoms with E-state index in [2.05, 4.69) is 10.3 Å². The lowest BCUT2D eigenvalue weighted by Gasteiger charge is -2.14. The van der Waals surface area contributed by atoms with Crippen LogP contribution in [0.4, 0.5) is 28.9 Å². The summed E-state index contributed by atoms with van der Waals surface area (Å²) in [6, 6.07) is 11.3. The molecule has 0 atom stereocenters. The molecule has 2 aromatic carbocycles. The number of hydrogen-bond donors (Lipinski definition) is 1. The van der Waals surface area contributed by atoms with Gasteiger partial charge in [-0.3, -0.25) is 4.98 Å². The second-order valence-electron chi connectivity index (χ2n) is 5.81. The number of carbonyl (C=O) groups is 1. The molecule has 0 aliphatic carbocycles. The van der Waals surface area contributed by atoms with Crippen LogP contribution in [0.15, 0.2) is 60.8 Å². The molecular weight excluding hydrogens is 376 g/mol. The van der Waals surface area contributed by atoms with Gasteiger partial charge in [0.1, 0.15) is 5.82 Å². The number of halogens is 4. The number of aromatic nitrogens is 1. The van der Waals surface area contributed by atoms with E-state index in [-0.39, 0.29) is 11.3 Å². The molecule has 0 spiro atoms. The molecule has 1 N–H and O–H groups in total. The predicted octanol–water partition coefficient (Wildman–Crippen LogP) is 5.44. The van der Waals surface area contributed by atoms with Crippen LogP contribution in [0, 0.1) is 5.82 Å². The fourth-order valence-electron chi connectivity index (χ4n) is 2.56. The lowest BCUT2D eigenvalue weighted by atomic mass is 10.0. The largest absolute Gasteiger partial charge is 0.465 e. The zero-order chi connectivity index (χ0) is 20.3. The zero-order valence-electron chi connectivity index (χ0n) is 14.5. The molecule has 1 aromatic heterocycles. The van der Waals surface area contributed by atoms with Gasteiger partial charge in [0.15, 0.2) is 0 Å². The Labute approximate surface area is 157 Å². The normalized spacial score (nSPS) is 11.2. The van der Waals surface area contributed by atoms with Gasteiger partial charge in [-0.05, 0) is 48.5 Å². The number of carbonyl (C=O) groups excluding carboxylic acids is 1. The highest BCUT2D eigenvalue weighted by Crippen LogP contribution is 2.33. The highest BCUT2D eigenvalue weighted by atomic mass is 19.4. The molecule has 3 aromatic rings. The Morgan fingerprint density at radius 2 is 1.75 bits per heavy atom. The summed E-state index contributed by atoms with van der Waals surface area (Å²) >= 11 is 0. The van der Waals surface area contributed by atoms with Crippen molar-refractivity contribution in [3.63, 3.8) is 0 Å². The van der Waals surface area contributed by atoms with Crippen molar-refractivity contribution < 1.29 is 27.1 Å². The average molecular weight is 390 g/mol. The fraction of sp³-hybridized carbons (Fsp3) is 0.100. The number of nitrogens with one attached hydrogen (secondary N) is 1. The summed E-state index contributed by atoms with van der Waals surface area (Å²) < 4.78 is 56.5. The molecule has 0 aliphatic rings. The minimum Gasteiger partial charge on any atom is -0.465 e. The van der Waals surface area contributed by atoms with Crippen LogP contribution in [-0.4, -0.2) is 18.1 Å². The smallest absolute Gasteiger partial charge is 0.416 e. The Morgan fingerprint density at radius 3 is 2.36 bits per heavy atom. The first-order chi connectivity index (χ1) is 13.3. The van der Waals surface area contributed by atoms with Crippen molar-refractivity contribution in [1.82, 2.24) is 4.98 Å². The first-order valence-electron chi connectivity index (χ1n) is 8.06. The first kappa shape index (κ1) is 19.3. The Hall–Kier alpha value is -3.42. The van der Waals surface area contributed by atoms with Crippen molar-refractivity contribution in [2.75, 3.05) is 12.4 Å². The molecular formula is C20H14F4N2O2. The van der Waals surface area contributed by atoms with Crippen LogP contribution in [0.25, 0.3) is 11.3 Å². The maximum atomic E-state index is 13.6. The molecule has 0 amide bonds. The molecule has 0 aliphatic heterocycles. The summed E-state index contributed by atoms with van der Waals surface area (Å²) in [7, 11) is 1.23. The number of anilines is 2. The average Bonchev–Trinajstić information content (AvgIpc) is 2.67. The van der Waals surface area contributed by atoms with Crippen LogP contribution in [0.1, 0.15) is 15.9 Å². The van der Waals surface area contributed by atoms with Crippen LogP contribution in [0.3, 0.4) is 0 Å². The number of rotatable bonds is 4. The number of hydrogen-bond acceptors (Lipinski definition) is 4.